The Kier molecular flexibility index (Phi) is 5.55. The van der Waals surface area contributed by atoms with Gasteiger partial charge in [0.2, 0.25) is 0 Å². The van der Waals surface area contributed by atoms with Gasteiger partial charge in [0.05, 0.1) is 6.42 Å². The molecule has 0 fully saturated rings. The summed E-state index contributed by atoms with van der Waals surface area (Å²) in [6, 6.07) is 0. The lowest BCUT2D eigenvalue weighted by atomic mass is 10.1. The zero-order valence-corrected chi connectivity index (χ0v) is 12.2. The maximum absolute atomic E-state index is 11.5. The third kappa shape index (κ3) is 9.06. The summed E-state index contributed by atoms with van der Waals surface area (Å²) in [5.74, 6) is -0.683. The standard InChI is InChI=1S/C12H22O4S/c1-11(2,3)15-9(17)7-8(13)10(14)16-12(4,5)6/h8,13H,7H2,1-6H3. The molecule has 1 unspecified atom stereocenters. The number of hydrogen-bond acceptors (Lipinski definition) is 5. The van der Waals surface area contributed by atoms with E-state index >= 15 is 0 Å². The highest BCUT2D eigenvalue weighted by Gasteiger charge is 2.25. The van der Waals surface area contributed by atoms with E-state index in [4.69, 9.17) is 21.7 Å². The minimum absolute atomic E-state index is 0.0263. The molecule has 0 spiro atoms. The van der Waals surface area contributed by atoms with Gasteiger partial charge in [-0.2, -0.15) is 0 Å². The predicted octanol–water partition coefficient (Wildman–Crippen LogP) is 2.22. The zero-order valence-electron chi connectivity index (χ0n) is 11.4. The maximum atomic E-state index is 11.5. The number of esters is 1. The second-order valence-electron chi connectivity index (χ2n) is 5.84. The molecule has 17 heavy (non-hydrogen) atoms. The van der Waals surface area contributed by atoms with Gasteiger partial charge in [-0.15, -0.1) is 0 Å². The molecule has 4 nitrogen and oxygen atoms in total. The van der Waals surface area contributed by atoms with Gasteiger partial charge in [0, 0.05) is 0 Å². The molecule has 0 aliphatic heterocycles. The van der Waals surface area contributed by atoms with Crippen molar-refractivity contribution >= 4 is 23.2 Å². The highest BCUT2D eigenvalue weighted by Crippen LogP contribution is 2.13. The van der Waals surface area contributed by atoms with E-state index in [2.05, 4.69) is 0 Å². The number of aliphatic hydroxyl groups is 1. The Morgan fingerprint density at radius 2 is 1.53 bits per heavy atom. The van der Waals surface area contributed by atoms with Crippen LogP contribution in [0.1, 0.15) is 48.0 Å². The van der Waals surface area contributed by atoms with E-state index in [0.29, 0.717) is 0 Å². The average Bonchev–Trinajstić information content (AvgIpc) is 1.95. The van der Waals surface area contributed by atoms with Gasteiger partial charge < -0.3 is 14.6 Å². The second-order valence-corrected chi connectivity index (χ2v) is 6.30. The molecule has 0 heterocycles. The Morgan fingerprint density at radius 3 is 1.88 bits per heavy atom. The zero-order chi connectivity index (χ0) is 13.9. The van der Waals surface area contributed by atoms with E-state index < -0.39 is 23.3 Å². The highest BCUT2D eigenvalue weighted by molar-refractivity contribution is 7.80. The molecule has 0 aromatic rings. The first-order chi connectivity index (χ1) is 7.41. The molecular weight excluding hydrogens is 240 g/mol. The fraction of sp³-hybridized carbons (Fsp3) is 0.833. The van der Waals surface area contributed by atoms with Crippen molar-refractivity contribution in [1.82, 2.24) is 0 Å². The summed E-state index contributed by atoms with van der Waals surface area (Å²) in [4.78, 5) is 11.5. The molecule has 0 aliphatic carbocycles. The third-order valence-electron chi connectivity index (χ3n) is 1.46. The van der Waals surface area contributed by atoms with Crippen LogP contribution in [0, 0.1) is 0 Å². The number of ether oxygens (including phenoxy) is 2. The monoisotopic (exact) mass is 262 g/mol. The smallest absolute Gasteiger partial charge is 0.335 e. The summed E-state index contributed by atoms with van der Waals surface area (Å²) >= 11 is 4.95. The summed E-state index contributed by atoms with van der Waals surface area (Å²) < 4.78 is 10.4. The van der Waals surface area contributed by atoms with Gasteiger partial charge in [0.25, 0.3) is 0 Å². The molecule has 0 aromatic heterocycles. The van der Waals surface area contributed by atoms with Crippen molar-refractivity contribution in [3.05, 3.63) is 0 Å². The predicted molar refractivity (Wildman–Crippen MR) is 69.9 cm³/mol. The van der Waals surface area contributed by atoms with Crippen molar-refractivity contribution in [3.63, 3.8) is 0 Å². The second kappa shape index (κ2) is 5.78. The molecule has 0 saturated carbocycles. The lowest BCUT2D eigenvalue weighted by Gasteiger charge is -2.24. The number of aliphatic hydroxyl groups excluding tert-OH is 1. The van der Waals surface area contributed by atoms with Crippen molar-refractivity contribution in [2.24, 2.45) is 0 Å². The van der Waals surface area contributed by atoms with Crippen LogP contribution in [0.2, 0.25) is 0 Å². The summed E-state index contributed by atoms with van der Waals surface area (Å²) in [7, 11) is 0. The number of thiocarbonyl (C=S) groups is 1. The van der Waals surface area contributed by atoms with E-state index in [0.717, 1.165) is 0 Å². The summed E-state index contributed by atoms with van der Waals surface area (Å²) in [6.45, 7) is 10.8. The fourth-order valence-corrected chi connectivity index (χ4v) is 1.40. The van der Waals surface area contributed by atoms with Crippen LogP contribution in [-0.4, -0.2) is 33.4 Å². The Balaban J connectivity index is 4.22. The van der Waals surface area contributed by atoms with E-state index in [9.17, 15) is 9.90 Å². The van der Waals surface area contributed by atoms with E-state index in [1.54, 1.807) is 20.8 Å². The summed E-state index contributed by atoms with van der Waals surface area (Å²) in [6.07, 6.45) is -1.30. The van der Waals surface area contributed by atoms with Gasteiger partial charge >= 0.3 is 5.97 Å². The molecule has 0 amide bonds. The van der Waals surface area contributed by atoms with Crippen molar-refractivity contribution in [2.45, 2.75) is 65.3 Å². The van der Waals surface area contributed by atoms with Crippen molar-refractivity contribution < 1.29 is 19.4 Å². The minimum atomic E-state index is -1.27. The maximum Gasteiger partial charge on any atom is 0.335 e. The molecule has 0 aromatic carbocycles. The SMILES string of the molecule is CC(C)(C)OC(=O)C(O)CC(=S)OC(C)(C)C. The molecule has 0 aliphatic rings. The van der Waals surface area contributed by atoms with Crippen molar-refractivity contribution in [2.75, 3.05) is 0 Å². The normalized spacial score (nSPS) is 14.1. The Hall–Kier alpha value is -0.680. The Morgan fingerprint density at radius 1 is 1.12 bits per heavy atom. The van der Waals surface area contributed by atoms with Crippen molar-refractivity contribution in [3.8, 4) is 0 Å². The van der Waals surface area contributed by atoms with Crippen LogP contribution >= 0.6 is 12.2 Å². The van der Waals surface area contributed by atoms with E-state index in [1.165, 1.54) is 0 Å². The molecule has 5 heteroatoms. The summed E-state index contributed by atoms with van der Waals surface area (Å²) in [5, 5.41) is 9.81. The number of hydrogen-bond donors (Lipinski definition) is 1. The topological polar surface area (TPSA) is 55.8 Å². The quantitative estimate of drug-likeness (QED) is 0.624. The molecular formula is C12H22O4S. The molecule has 0 radical (unpaired) electrons. The number of rotatable bonds is 3. The van der Waals surface area contributed by atoms with E-state index in [1.807, 2.05) is 20.8 Å². The molecule has 100 valence electrons. The van der Waals surface area contributed by atoms with Crippen LogP contribution in [0.15, 0.2) is 0 Å². The largest absolute Gasteiger partial charge is 0.482 e. The Labute approximate surface area is 108 Å². The highest BCUT2D eigenvalue weighted by atomic mass is 32.1. The van der Waals surface area contributed by atoms with Crippen LogP contribution in [0.25, 0.3) is 0 Å². The van der Waals surface area contributed by atoms with Gasteiger partial charge in [0.15, 0.2) is 11.2 Å². The molecule has 0 rings (SSSR count). The van der Waals surface area contributed by atoms with Crippen LogP contribution in [0.5, 0.6) is 0 Å². The molecule has 1 atom stereocenters. The van der Waals surface area contributed by atoms with Gasteiger partial charge in [-0.1, -0.05) is 0 Å². The van der Waals surface area contributed by atoms with Gasteiger partial charge in [-0.05, 0) is 53.8 Å². The van der Waals surface area contributed by atoms with Gasteiger partial charge in [0.1, 0.15) is 11.2 Å². The van der Waals surface area contributed by atoms with Crippen molar-refractivity contribution in [1.29, 1.82) is 0 Å². The van der Waals surface area contributed by atoms with Crippen LogP contribution in [-0.2, 0) is 14.3 Å². The van der Waals surface area contributed by atoms with Crippen LogP contribution in [0.4, 0.5) is 0 Å². The number of carbonyl (C=O) groups excluding carboxylic acids is 1. The first-order valence-electron chi connectivity index (χ1n) is 5.53. The lowest BCUT2D eigenvalue weighted by Crippen LogP contribution is -2.34. The van der Waals surface area contributed by atoms with Crippen LogP contribution in [0.3, 0.4) is 0 Å². The third-order valence-corrected chi connectivity index (χ3v) is 1.71. The molecule has 0 saturated heterocycles. The fourth-order valence-electron chi connectivity index (χ4n) is 0.994. The first kappa shape index (κ1) is 16.3. The van der Waals surface area contributed by atoms with E-state index in [-0.39, 0.29) is 11.5 Å². The minimum Gasteiger partial charge on any atom is -0.482 e. The van der Waals surface area contributed by atoms with Gasteiger partial charge in [-0.3, -0.25) is 0 Å². The Bertz CT molecular complexity index is 286. The lowest BCUT2D eigenvalue weighted by molar-refractivity contribution is -0.164. The summed E-state index contributed by atoms with van der Waals surface area (Å²) in [5.41, 5.74) is -1.05. The first-order valence-corrected chi connectivity index (χ1v) is 5.94. The molecule has 1 N–H and O–H groups in total. The molecule has 0 bridgehead atoms. The van der Waals surface area contributed by atoms with Crippen LogP contribution < -0.4 is 0 Å². The number of carbonyl (C=O) groups is 1. The average molecular weight is 262 g/mol. The van der Waals surface area contributed by atoms with Gasteiger partial charge in [-0.25, -0.2) is 4.79 Å².